The van der Waals surface area contributed by atoms with Crippen LogP contribution in [0.15, 0.2) is 30.3 Å². The van der Waals surface area contributed by atoms with E-state index in [4.69, 9.17) is 23.7 Å². The number of hydrogen-bond donors (Lipinski definition) is 0. The highest BCUT2D eigenvalue weighted by Crippen LogP contribution is 2.36. The van der Waals surface area contributed by atoms with E-state index >= 15 is 0 Å². The van der Waals surface area contributed by atoms with Gasteiger partial charge in [-0.05, 0) is 39.0 Å². The number of benzene rings is 1. The molecule has 1 fully saturated rings. The van der Waals surface area contributed by atoms with E-state index in [9.17, 15) is 19.2 Å². The first-order valence-corrected chi connectivity index (χ1v) is 12.9. The Morgan fingerprint density at radius 1 is 0.972 bits per heavy atom. The number of ketones is 1. The van der Waals surface area contributed by atoms with E-state index in [1.165, 1.54) is 25.8 Å². The van der Waals surface area contributed by atoms with Crippen molar-refractivity contribution < 1.29 is 42.9 Å². The third-order valence-electron chi connectivity index (χ3n) is 5.35. The standard InChI is InChI=1S/C26H36O9S/c1-7-36-24-22(35-25(30)26(3,4)5)19(32-15-17-11-9-8-10-12-17)20(21(34-24)23(29)31-6)33-18(28)14-13-16(2)27/h8-12,19-22,24H,7,13-15H2,1-6H3/t19-,20-,21+,22+,24+/m0/s1. The van der Waals surface area contributed by atoms with Gasteiger partial charge in [0.05, 0.1) is 25.6 Å². The van der Waals surface area contributed by atoms with E-state index in [1.807, 2.05) is 37.3 Å². The zero-order chi connectivity index (χ0) is 26.9. The minimum absolute atomic E-state index is 0.0123. The maximum atomic E-state index is 12.9. The highest BCUT2D eigenvalue weighted by Gasteiger charge is 2.54. The van der Waals surface area contributed by atoms with E-state index in [0.717, 1.165) is 5.56 Å². The van der Waals surface area contributed by atoms with Crippen molar-refractivity contribution in [3.63, 3.8) is 0 Å². The number of thioether (sulfide) groups is 1. The average molecular weight is 525 g/mol. The molecule has 200 valence electrons. The lowest BCUT2D eigenvalue weighted by atomic mass is 9.95. The lowest BCUT2D eigenvalue weighted by Crippen LogP contribution is -2.62. The van der Waals surface area contributed by atoms with E-state index in [-0.39, 0.29) is 25.2 Å². The molecule has 36 heavy (non-hydrogen) atoms. The Labute approximate surface area is 216 Å². The fraction of sp³-hybridized carbons (Fsp3) is 0.615. The van der Waals surface area contributed by atoms with E-state index in [2.05, 4.69) is 0 Å². The van der Waals surface area contributed by atoms with Crippen molar-refractivity contribution in [1.82, 2.24) is 0 Å². The molecule has 2 rings (SSSR count). The highest BCUT2D eigenvalue weighted by atomic mass is 32.2. The second kappa shape index (κ2) is 13.8. The number of methoxy groups -OCH3 is 1. The summed E-state index contributed by atoms with van der Waals surface area (Å²) in [5.74, 6) is -1.54. The van der Waals surface area contributed by atoms with Crippen molar-refractivity contribution in [3.8, 4) is 0 Å². The van der Waals surface area contributed by atoms with Crippen molar-refractivity contribution in [3.05, 3.63) is 35.9 Å². The Kier molecular flexibility index (Phi) is 11.4. The van der Waals surface area contributed by atoms with Gasteiger partial charge in [0.1, 0.15) is 17.3 Å². The first kappa shape index (κ1) is 29.8. The third kappa shape index (κ3) is 8.60. The Morgan fingerprint density at radius 3 is 2.19 bits per heavy atom. The molecule has 0 radical (unpaired) electrons. The molecular formula is C26H36O9S. The molecule has 0 aliphatic carbocycles. The molecule has 1 heterocycles. The average Bonchev–Trinajstić information content (AvgIpc) is 2.83. The second-order valence-corrected chi connectivity index (χ2v) is 10.8. The quantitative estimate of drug-likeness (QED) is 0.315. The Bertz CT molecular complexity index is 896. The molecule has 1 aliphatic rings. The number of carbonyl (C=O) groups excluding carboxylic acids is 4. The molecule has 1 aromatic rings. The van der Waals surface area contributed by atoms with Crippen LogP contribution in [-0.4, -0.2) is 66.4 Å². The van der Waals surface area contributed by atoms with Gasteiger partial charge in [-0.15, -0.1) is 11.8 Å². The van der Waals surface area contributed by atoms with Crippen LogP contribution in [0.25, 0.3) is 0 Å². The van der Waals surface area contributed by atoms with Crippen molar-refractivity contribution >= 4 is 35.5 Å². The summed E-state index contributed by atoms with van der Waals surface area (Å²) >= 11 is 1.33. The van der Waals surface area contributed by atoms with Crippen LogP contribution < -0.4 is 0 Å². The predicted octanol–water partition coefficient (Wildman–Crippen LogP) is 3.46. The van der Waals surface area contributed by atoms with Gasteiger partial charge in [0, 0.05) is 6.42 Å². The molecule has 0 N–H and O–H groups in total. The lowest BCUT2D eigenvalue weighted by molar-refractivity contribution is -0.241. The molecule has 0 bridgehead atoms. The van der Waals surface area contributed by atoms with Crippen LogP contribution in [0.4, 0.5) is 0 Å². The maximum absolute atomic E-state index is 12.9. The molecule has 1 aliphatic heterocycles. The fourth-order valence-electron chi connectivity index (χ4n) is 3.41. The number of esters is 3. The summed E-state index contributed by atoms with van der Waals surface area (Å²) in [6, 6.07) is 9.30. The Balaban J connectivity index is 2.47. The summed E-state index contributed by atoms with van der Waals surface area (Å²) in [7, 11) is 1.20. The molecule has 0 unspecified atom stereocenters. The van der Waals surface area contributed by atoms with Gasteiger partial charge in [-0.25, -0.2) is 4.79 Å². The van der Waals surface area contributed by atoms with Crippen molar-refractivity contribution in [2.45, 2.75) is 83.9 Å². The number of carbonyl (C=O) groups is 4. The molecule has 1 aromatic carbocycles. The van der Waals surface area contributed by atoms with Gasteiger partial charge < -0.3 is 28.5 Å². The molecule has 10 heteroatoms. The minimum atomic E-state index is -1.31. The number of ether oxygens (including phenoxy) is 5. The van der Waals surface area contributed by atoms with Gasteiger partial charge in [0.15, 0.2) is 18.3 Å². The van der Waals surface area contributed by atoms with Crippen molar-refractivity contribution in [1.29, 1.82) is 0 Å². The van der Waals surface area contributed by atoms with Crippen molar-refractivity contribution in [2.75, 3.05) is 12.9 Å². The van der Waals surface area contributed by atoms with E-state index in [1.54, 1.807) is 20.8 Å². The molecule has 9 nitrogen and oxygen atoms in total. The molecule has 0 spiro atoms. The van der Waals surface area contributed by atoms with Gasteiger partial charge in [-0.2, -0.15) is 0 Å². The molecule has 0 amide bonds. The summed E-state index contributed by atoms with van der Waals surface area (Å²) in [5, 5.41) is 0. The Hall–Kier alpha value is -2.43. The van der Waals surface area contributed by atoms with E-state index < -0.39 is 53.2 Å². The number of Topliss-reactive ketones (excluding diaryl/α,β-unsaturated/α-hetero) is 1. The topological polar surface area (TPSA) is 114 Å². The summed E-state index contributed by atoms with van der Waals surface area (Å²) in [6.45, 7) is 8.53. The van der Waals surface area contributed by atoms with Crippen LogP contribution in [0.1, 0.15) is 53.0 Å². The monoisotopic (exact) mass is 524 g/mol. The lowest BCUT2D eigenvalue weighted by Gasteiger charge is -2.44. The van der Waals surface area contributed by atoms with Gasteiger partial charge >= 0.3 is 17.9 Å². The number of hydrogen-bond acceptors (Lipinski definition) is 10. The SMILES string of the molecule is CCS[C@H]1O[C@@H](C(=O)OC)[C@@H](OC(=O)CCC(C)=O)[C@H](OCc2ccccc2)[C@H]1OC(=O)C(C)(C)C. The normalized spacial score (nSPS) is 24.0. The van der Waals surface area contributed by atoms with Crippen LogP contribution in [0.5, 0.6) is 0 Å². The summed E-state index contributed by atoms with van der Waals surface area (Å²) < 4.78 is 28.7. The molecular weight excluding hydrogens is 488 g/mol. The van der Waals surface area contributed by atoms with Crippen LogP contribution in [0.3, 0.4) is 0 Å². The van der Waals surface area contributed by atoms with Gasteiger partial charge in [-0.1, -0.05) is 37.3 Å². The van der Waals surface area contributed by atoms with Crippen LogP contribution in [0, 0.1) is 5.41 Å². The fourth-order valence-corrected chi connectivity index (χ4v) is 4.34. The molecule has 5 atom stereocenters. The van der Waals surface area contributed by atoms with E-state index in [0.29, 0.717) is 5.75 Å². The summed E-state index contributed by atoms with van der Waals surface area (Å²) in [5.41, 5.74) is -0.766. The summed E-state index contributed by atoms with van der Waals surface area (Å²) in [6.07, 6.45) is -4.80. The predicted molar refractivity (Wildman–Crippen MR) is 133 cm³/mol. The zero-order valence-electron chi connectivity index (χ0n) is 21.7. The van der Waals surface area contributed by atoms with Crippen LogP contribution in [0.2, 0.25) is 0 Å². The largest absolute Gasteiger partial charge is 0.467 e. The smallest absolute Gasteiger partial charge is 0.339 e. The second-order valence-electron chi connectivity index (χ2n) is 9.44. The first-order chi connectivity index (χ1) is 17.0. The summed E-state index contributed by atoms with van der Waals surface area (Å²) in [4.78, 5) is 49.6. The van der Waals surface area contributed by atoms with Crippen LogP contribution >= 0.6 is 11.8 Å². The van der Waals surface area contributed by atoms with Gasteiger partial charge in [0.25, 0.3) is 0 Å². The van der Waals surface area contributed by atoms with Crippen molar-refractivity contribution in [2.24, 2.45) is 5.41 Å². The van der Waals surface area contributed by atoms with Crippen LogP contribution in [-0.2, 0) is 49.5 Å². The third-order valence-corrected chi connectivity index (χ3v) is 6.39. The maximum Gasteiger partial charge on any atom is 0.339 e. The molecule has 1 saturated heterocycles. The zero-order valence-corrected chi connectivity index (χ0v) is 22.5. The molecule has 0 saturated carbocycles. The first-order valence-electron chi connectivity index (χ1n) is 11.9. The minimum Gasteiger partial charge on any atom is -0.467 e. The van der Waals surface area contributed by atoms with Gasteiger partial charge in [-0.3, -0.25) is 9.59 Å². The highest BCUT2D eigenvalue weighted by molar-refractivity contribution is 7.99. The number of rotatable bonds is 11. The Morgan fingerprint density at radius 2 is 1.64 bits per heavy atom. The molecule has 0 aromatic heterocycles. The van der Waals surface area contributed by atoms with Gasteiger partial charge in [0.2, 0.25) is 0 Å².